The third kappa shape index (κ3) is 4.60. The number of hydrogen-bond acceptors (Lipinski definition) is 5. The topological polar surface area (TPSA) is 90.7 Å². The summed E-state index contributed by atoms with van der Waals surface area (Å²) in [7, 11) is 1.42. The lowest BCUT2D eigenvalue weighted by molar-refractivity contribution is -0.385. The van der Waals surface area contributed by atoms with Crippen molar-refractivity contribution in [1.82, 2.24) is 5.32 Å². The molecule has 0 aliphatic rings. The van der Waals surface area contributed by atoms with Crippen LogP contribution in [0.5, 0.6) is 17.2 Å². The van der Waals surface area contributed by atoms with Crippen LogP contribution in [0.2, 0.25) is 5.02 Å². The van der Waals surface area contributed by atoms with Crippen molar-refractivity contribution in [3.8, 4) is 17.2 Å². The van der Waals surface area contributed by atoms with E-state index in [1.165, 1.54) is 37.4 Å². The molecule has 0 spiro atoms. The van der Waals surface area contributed by atoms with Crippen LogP contribution in [0.1, 0.15) is 24.2 Å². The Bertz CT molecular complexity index is 808. The molecule has 0 saturated carbocycles. The molecule has 0 aliphatic carbocycles. The van der Waals surface area contributed by atoms with Crippen LogP contribution in [0.15, 0.2) is 36.4 Å². The van der Waals surface area contributed by atoms with Gasteiger partial charge in [-0.1, -0.05) is 11.6 Å². The molecule has 0 unspecified atom stereocenters. The van der Waals surface area contributed by atoms with Crippen LogP contribution >= 0.6 is 11.6 Å². The summed E-state index contributed by atoms with van der Waals surface area (Å²) >= 11 is 5.79. The minimum atomic E-state index is -0.585. The van der Waals surface area contributed by atoms with Gasteiger partial charge in [0.1, 0.15) is 0 Å². The summed E-state index contributed by atoms with van der Waals surface area (Å²) in [6.45, 7) is 3.71. The second-order valence-electron chi connectivity index (χ2n) is 5.47. The number of carbonyl (C=O) groups excluding carboxylic acids is 1. The van der Waals surface area contributed by atoms with Gasteiger partial charge in [-0.05, 0) is 44.2 Å². The first-order chi connectivity index (χ1) is 11.8. The maximum absolute atomic E-state index is 12.1. The Balaban J connectivity index is 2.35. The number of nitrogens with zero attached hydrogens (tertiary/aromatic N) is 1. The number of methoxy groups -OCH3 is 1. The van der Waals surface area contributed by atoms with Crippen molar-refractivity contribution in [3.05, 3.63) is 57.1 Å². The standard InChI is InChI=1S/C17H17ClN2O5/c1-10(2)19-17(21)11-4-6-15(16(8-11)24-3)25-14-7-5-12(18)9-13(14)20(22)23/h4-10H,1-3H3,(H,19,21). The summed E-state index contributed by atoms with van der Waals surface area (Å²) in [6, 6.07) is 8.66. The molecule has 2 rings (SSSR count). The lowest BCUT2D eigenvalue weighted by Gasteiger charge is -2.13. The molecule has 2 aromatic carbocycles. The van der Waals surface area contributed by atoms with E-state index in [0.717, 1.165) is 0 Å². The number of benzene rings is 2. The molecule has 0 bridgehead atoms. The number of hydrogen-bond donors (Lipinski definition) is 1. The van der Waals surface area contributed by atoms with Gasteiger partial charge >= 0.3 is 5.69 Å². The number of nitro groups is 1. The average Bonchev–Trinajstić information content (AvgIpc) is 2.55. The van der Waals surface area contributed by atoms with Gasteiger partial charge in [0.05, 0.1) is 12.0 Å². The van der Waals surface area contributed by atoms with Gasteiger partial charge in [-0.3, -0.25) is 14.9 Å². The van der Waals surface area contributed by atoms with E-state index in [9.17, 15) is 14.9 Å². The van der Waals surface area contributed by atoms with Crippen molar-refractivity contribution < 1.29 is 19.2 Å². The van der Waals surface area contributed by atoms with Gasteiger partial charge in [-0.15, -0.1) is 0 Å². The zero-order chi connectivity index (χ0) is 18.6. The molecule has 1 N–H and O–H groups in total. The molecule has 8 heteroatoms. The van der Waals surface area contributed by atoms with Crippen molar-refractivity contribution in [2.75, 3.05) is 7.11 Å². The van der Waals surface area contributed by atoms with E-state index < -0.39 is 4.92 Å². The number of nitrogens with one attached hydrogen (secondary N) is 1. The first-order valence-electron chi connectivity index (χ1n) is 7.42. The normalized spacial score (nSPS) is 10.4. The monoisotopic (exact) mass is 364 g/mol. The van der Waals surface area contributed by atoms with E-state index in [4.69, 9.17) is 21.1 Å². The van der Waals surface area contributed by atoms with Gasteiger partial charge in [-0.2, -0.15) is 0 Å². The minimum Gasteiger partial charge on any atom is -0.493 e. The molecule has 0 heterocycles. The van der Waals surface area contributed by atoms with Crippen molar-refractivity contribution in [2.45, 2.75) is 19.9 Å². The van der Waals surface area contributed by atoms with Gasteiger partial charge in [-0.25, -0.2) is 0 Å². The van der Waals surface area contributed by atoms with E-state index in [-0.39, 0.29) is 39.9 Å². The summed E-state index contributed by atoms with van der Waals surface area (Å²) in [6.07, 6.45) is 0. The molecule has 132 valence electrons. The highest BCUT2D eigenvalue weighted by atomic mass is 35.5. The molecule has 1 amide bonds. The van der Waals surface area contributed by atoms with Crippen LogP contribution in [0.25, 0.3) is 0 Å². The highest BCUT2D eigenvalue weighted by Gasteiger charge is 2.19. The summed E-state index contributed by atoms with van der Waals surface area (Å²) in [5.41, 5.74) is 0.125. The Morgan fingerprint density at radius 1 is 1.16 bits per heavy atom. The average molecular weight is 365 g/mol. The molecule has 7 nitrogen and oxygen atoms in total. The minimum absolute atomic E-state index is 0.00821. The highest BCUT2D eigenvalue weighted by Crippen LogP contribution is 2.37. The quantitative estimate of drug-likeness (QED) is 0.613. The Kier molecular flexibility index (Phi) is 5.82. The Morgan fingerprint density at radius 2 is 1.84 bits per heavy atom. The summed E-state index contributed by atoms with van der Waals surface area (Å²) in [5, 5.41) is 14.1. The predicted molar refractivity (Wildman–Crippen MR) is 93.8 cm³/mol. The fraction of sp³-hybridized carbons (Fsp3) is 0.235. The number of carbonyl (C=O) groups is 1. The third-order valence-electron chi connectivity index (χ3n) is 3.18. The first-order valence-corrected chi connectivity index (χ1v) is 7.80. The lowest BCUT2D eigenvalue weighted by Crippen LogP contribution is -2.30. The van der Waals surface area contributed by atoms with Crippen molar-refractivity contribution in [1.29, 1.82) is 0 Å². The fourth-order valence-corrected chi connectivity index (χ4v) is 2.24. The van der Waals surface area contributed by atoms with Gasteiger partial charge in [0.15, 0.2) is 11.5 Å². The lowest BCUT2D eigenvalue weighted by atomic mass is 10.1. The summed E-state index contributed by atoms with van der Waals surface area (Å²) in [5.74, 6) is 0.291. The van der Waals surface area contributed by atoms with Crippen LogP contribution in [-0.2, 0) is 0 Å². The van der Waals surface area contributed by atoms with Crippen LogP contribution in [0, 0.1) is 10.1 Å². The zero-order valence-corrected chi connectivity index (χ0v) is 14.7. The molecule has 25 heavy (non-hydrogen) atoms. The number of ether oxygens (including phenoxy) is 2. The van der Waals surface area contributed by atoms with Gasteiger partial charge in [0.2, 0.25) is 5.75 Å². The van der Waals surface area contributed by atoms with Crippen molar-refractivity contribution in [2.24, 2.45) is 0 Å². The smallest absolute Gasteiger partial charge is 0.313 e. The number of halogens is 1. The molecule has 0 fully saturated rings. The Morgan fingerprint density at radius 3 is 2.44 bits per heavy atom. The third-order valence-corrected chi connectivity index (χ3v) is 3.42. The van der Waals surface area contributed by atoms with Gasteiger partial charge in [0.25, 0.3) is 5.91 Å². The molecule has 2 aromatic rings. The van der Waals surface area contributed by atoms with E-state index >= 15 is 0 Å². The SMILES string of the molecule is COc1cc(C(=O)NC(C)C)ccc1Oc1ccc(Cl)cc1[N+](=O)[O-]. The molecule has 0 atom stereocenters. The van der Waals surface area contributed by atoms with E-state index in [0.29, 0.717) is 5.56 Å². The molecule has 0 saturated heterocycles. The van der Waals surface area contributed by atoms with Crippen molar-refractivity contribution >= 4 is 23.2 Å². The molecular formula is C17H17ClN2O5. The molecular weight excluding hydrogens is 348 g/mol. The largest absolute Gasteiger partial charge is 0.493 e. The Labute approximate surface area is 149 Å². The van der Waals surface area contributed by atoms with E-state index in [2.05, 4.69) is 5.32 Å². The first kappa shape index (κ1) is 18.5. The number of nitro benzene ring substituents is 1. The van der Waals surface area contributed by atoms with Gasteiger partial charge < -0.3 is 14.8 Å². The second kappa shape index (κ2) is 7.85. The van der Waals surface area contributed by atoms with Crippen LogP contribution < -0.4 is 14.8 Å². The molecule has 0 radical (unpaired) electrons. The number of rotatable bonds is 6. The predicted octanol–water partition coefficient (Wildman–Crippen LogP) is 4.19. The van der Waals surface area contributed by atoms with Gasteiger partial charge in [0, 0.05) is 22.7 Å². The Hall–Kier alpha value is -2.80. The maximum atomic E-state index is 12.1. The molecule has 0 aliphatic heterocycles. The fourth-order valence-electron chi connectivity index (χ4n) is 2.08. The van der Waals surface area contributed by atoms with Crippen LogP contribution in [0.4, 0.5) is 5.69 Å². The molecule has 0 aromatic heterocycles. The van der Waals surface area contributed by atoms with Crippen molar-refractivity contribution in [3.63, 3.8) is 0 Å². The second-order valence-corrected chi connectivity index (χ2v) is 5.90. The van der Waals surface area contributed by atoms with Crippen LogP contribution in [0.3, 0.4) is 0 Å². The van der Waals surface area contributed by atoms with Crippen LogP contribution in [-0.4, -0.2) is 24.0 Å². The summed E-state index contributed by atoms with van der Waals surface area (Å²) < 4.78 is 10.8. The highest BCUT2D eigenvalue weighted by molar-refractivity contribution is 6.30. The maximum Gasteiger partial charge on any atom is 0.313 e. The number of amides is 1. The van der Waals surface area contributed by atoms with E-state index in [1.54, 1.807) is 6.07 Å². The summed E-state index contributed by atoms with van der Waals surface area (Å²) in [4.78, 5) is 22.6. The zero-order valence-electron chi connectivity index (χ0n) is 13.9. The van der Waals surface area contributed by atoms with E-state index in [1.807, 2.05) is 13.8 Å².